The largest absolute Gasteiger partial charge is 0.454 e. The molecule has 8 nitrogen and oxygen atoms in total. The Hall–Kier alpha value is -2.99. The van der Waals surface area contributed by atoms with Gasteiger partial charge in [-0.25, -0.2) is 4.79 Å². The maximum atomic E-state index is 12.5. The molecule has 3 amide bonds. The fourth-order valence-electron chi connectivity index (χ4n) is 3.23. The van der Waals surface area contributed by atoms with Gasteiger partial charge in [-0.3, -0.25) is 19.3 Å². The van der Waals surface area contributed by atoms with E-state index >= 15 is 0 Å². The topological polar surface area (TPSA) is 117 Å². The lowest BCUT2D eigenvalue weighted by atomic mass is 9.85. The first kappa shape index (κ1) is 18.8. The smallest absolute Gasteiger partial charge is 0.329 e. The van der Waals surface area contributed by atoms with Gasteiger partial charge in [-0.15, -0.1) is 11.3 Å². The second-order valence-corrected chi connectivity index (χ2v) is 7.23. The number of hydrogen-bond acceptors (Lipinski definition) is 7. The molecule has 1 N–H and O–H groups in total. The molecule has 27 heavy (non-hydrogen) atoms. The van der Waals surface area contributed by atoms with Crippen molar-refractivity contribution in [3.05, 3.63) is 29.2 Å². The number of carbonyl (C=O) groups is 4. The predicted octanol–water partition coefficient (Wildman–Crippen LogP) is 1.44. The monoisotopic (exact) mass is 387 g/mol. The highest BCUT2D eigenvalue weighted by atomic mass is 32.1. The Labute approximate surface area is 159 Å². The molecule has 1 aromatic rings. The highest BCUT2D eigenvalue weighted by Gasteiger charge is 2.50. The molecule has 0 saturated carbocycles. The quantitative estimate of drug-likeness (QED) is 0.464. The van der Waals surface area contributed by atoms with Gasteiger partial charge in [0.2, 0.25) is 11.8 Å². The van der Waals surface area contributed by atoms with Crippen molar-refractivity contribution in [3.63, 3.8) is 0 Å². The number of fused-ring (bicyclic) bond motifs is 1. The zero-order valence-electron chi connectivity index (χ0n) is 14.5. The van der Waals surface area contributed by atoms with Gasteiger partial charge in [0.25, 0.3) is 5.91 Å². The van der Waals surface area contributed by atoms with Crippen molar-refractivity contribution in [2.24, 2.45) is 11.8 Å². The van der Waals surface area contributed by atoms with Gasteiger partial charge in [-0.1, -0.05) is 12.2 Å². The molecule has 0 bridgehead atoms. The van der Waals surface area contributed by atoms with E-state index in [9.17, 15) is 19.2 Å². The van der Waals surface area contributed by atoms with Crippen LogP contribution in [-0.4, -0.2) is 41.2 Å². The summed E-state index contributed by atoms with van der Waals surface area (Å²) in [5.74, 6) is -3.04. The van der Waals surface area contributed by atoms with Crippen LogP contribution in [0.3, 0.4) is 0 Å². The van der Waals surface area contributed by atoms with Crippen LogP contribution in [0, 0.1) is 23.2 Å². The molecule has 140 valence electrons. The van der Waals surface area contributed by atoms with E-state index in [0.29, 0.717) is 23.4 Å². The third-order valence-electron chi connectivity index (χ3n) is 4.65. The molecule has 0 spiro atoms. The number of rotatable bonds is 5. The molecule has 3 atom stereocenters. The number of anilines is 1. The lowest BCUT2D eigenvalue weighted by molar-refractivity contribution is -0.159. The van der Waals surface area contributed by atoms with Crippen molar-refractivity contribution in [2.45, 2.75) is 25.8 Å². The van der Waals surface area contributed by atoms with Crippen LogP contribution in [0.4, 0.5) is 5.00 Å². The predicted molar refractivity (Wildman–Crippen MR) is 95.3 cm³/mol. The lowest BCUT2D eigenvalue weighted by Gasteiger charge is -2.21. The second kappa shape index (κ2) is 7.72. The van der Waals surface area contributed by atoms with E-state index in [4.69, 9.17) is 10.00 Å². The first-order valence-corrected chi connectivity index (χ1v) is 9.28. The number of imide groups is 1. The molecular weight excluding hydrogens is 370 g/mol. The number of thiophene rings is 1. The van der Waals surface area contributed by atoms with Gasteiger partial charge in [0.05, 0.1) is 17.4 Å². The third-order valence-corrected chi connectivity index (χ3v) is 5.48. The van der Waals surface area contributed by atoms with E-state index in [0.717, 1.165) is 4.90 Å². The number of likely N-dealkylation sites (tertiary alicyclic amines) is 1. The van der Waals surface area contributed by atoms with Gasteiger partial charge >= 0.3 is 5.97 Å². The molecule has 0 aromatic carbocycles. The van der Waals surface area contributed by atoms with E-state index in [1.165, 1.54) is 18.3 Å². The second-order valence-electron chi connectivity index (χ2n) is 6.31. The number of nitrogens with one attached hydrogen (secondary N) is 1. The summed E-state index contributed by atoms with van der Waals surface area (Å²) in [6.45, 7) is 0.838. The van der Waals surface area contributed by atoms with Crippen LogP contribution in [0.2, 0.25) is 0 Å². The van der Waals surface area contributed by atoms with Crippen LogP contribution in [0.1, 0.15) is 25.3 Å². The first-order chi connectivity index (χ1) is 12.9. The summed E-state index contributed by atoms with van der Waals surface area (Å²) in [4.78, 5) is 50.1. The molecule has 0 unspecified atom stereocenters. The van der Waals surface area contributed by atoms with Crippen LogP contribution in [0.25, 0.3) is 0 Å². The third kappa shape index (κ3) is 3.61. The van der Waals surface area contributed by atoms with Gasteiger partial charge in [0.1, 0.15) is 17.1 Å². The van der Waals surface area contributed by atoms with Gasteiger partial charge in [0, 0.05) is 0 Å². The standard InChI is InChI=1S/C18H17N3O5S/c1-10(21-16(23)12-4-2-3-5-13(12)17(21)24)18(25)26-9-14(22)20-15-11(8-19)6-7-27-15/h2-3,6-7,10,12-13H,4-5,9H2,1H3,(H,20,22)/t10-,12-,13+/m0/s1. The summed E-state index contributed by atoms with van der Waals surface area (Å²) < 4.78 is 4.96. The normalized spacial score (nSPS) is 22.1. The average molecular weight is 387 g/mol. The average Bonchev–Trinajstić information content (AvgIpc) is 3.22. The van der Waals surface area contributed by atoms with Crippen LogP contribution in [0.15, 0.2) is 23.6 Å². The number of nitrogens with zero attached hydrogens (tertiary/aromatic N) is 2. The summed E-state index contributed by atoms with van der Waals surface area (Å²) >= 11 is 1.18. The zero-order valence-corrected chi connectivity index (χ0v) is 15.3. The minimum absolute atomic E-state index is 0.317. The number of ether oxygens (including phenoxy) is 1. The van der Waals surface area contributed by atoms with Gasteiger partial charge in [-0.05, 0) is 31.2 Å². The molecule has 1 aromatic heterocycles. The molecule has 1 aliphatic heterocycles. The first-order valence-electron chi connectivity index (χ1n) is 8.40. The maximum Gasteiger partial charge on any atom is 0.329 e. The van der Waals surface area contributed by atoms with Crippen LogP contribution >= 0.6 is 11.3 Å². The van der Waals surface area contributed by atoms with Crippen molar-refractivity contribution in [3.8, 4) is 6.07 Å². The lowest BCUT2D eigenvalue weighted by Crippen LogP contribution is -2.45. The van der Waals surface area contributed by atoms with Crippen LogP contribution in [-0.2, 0) is 23.9 Å². The molecule has 0 radical (unpaired) electrons. The number of nitriles is 1. The van der Waals surface area contributed by atoms with Crippen molar-refractivity contribution >= 4 is 40.0 Å². The molecule has 1 fully saturated rings. The van der Waals surface area contributed by atoms with E-state index in [-0.39, 0.29) is 11.8 Å². The molecule has 2 heterocycles. The van der Waals surface area contributed by atoms with Crippen molar-refractivity contribution in [2.75, 3.05) is 11.9 Å². The molecule has 9 heteroatoms. The number of amides is 3. The highest BCUT2D eigenvalue weighted by Crippen LogP contribution is 2.36. The molecule has 1 saturated heterocycles. The summed E-state index contributed by atoms with van der Waals surface area (Å²) in [7, 11) is 0. The Morgan fingerprint density at radius 1 is 1.33 bits per heavy atom. The summed E-state index contributed by atoms with van der Waals surface area (Å²) in [6.07, 6.45) is 4.70. The molecule has 1 aliphatic carbocycles. The molecule has 2 aliphatic rings. The van der Waals surface area contributed by atoms with Crippen molar-refractivity contribution in [1.82, 2.24) is 4.90 Å². The Morgan fingerprint density at radius 3 is 2.56 bits per heavy atom. The minimum Gasteiger partial charge on any atom is -0.454 e. The Morgan fingerprint density at radius 2 is 1.96 bits per heavy atom. The fourth-order valence-corrected chi connectivity index (χ4v) is 3.98. The van der Waals surface area contributed by atoms with Gasteiger partial charge in [-0.2, -0.15) is 5.26 Å². The zero-order chi connectivity index (χ0) is 19.6. The van der Waals surface area contributed by atoms with Gasteiger partial charge < -0.3 is 10.1 Å². The number of hydrogen-bond donors (Lipinski definition) is 1. The highest BCUT2D eigenvalue weighted by molar-refractivity contribution is 7.14. The van der Waals surface area contributed by atoms with Crippen molar-refractivity contribution in [1.29, 1.82) is 5.26 Å². The summed E-state index contributed by atoms with van der Waals surface area (Å²) in [6, 6.07) is 2.40. The summed E-state index contributed by atoms with van der Waals surface area (Å²) in [5, 5.41) is 13.4. The van der Waals surface area contributed by atoms with Crippen molar-refractivity contribution < 1.29 is 23.9 Å². The number of allylic oxidation sites excluding steroid dienone is 2. The van der Waals surface area contributed by atoms with E-state index in [1.807, 2.05) is 18.2 Å². The SMILES string of the molecule is C[C@@H](C(=O)OCC(=O)Nc1sccc1C#N)N1C(=O)[C@H]2CC=CC[C@H]2C1=O. The fraction of sp³-hybridized carbons (Fsp3) is 0.389. The molecule has 3 rings (SSSR count). The number of esters is 1. The Kier molecular flexibility index (Phi) is 5.37. The van der Waals surface area contributed by atoms with Crippen LogP contribution in [0.5, 0.6) is 0 Å². The molecular formula is C18H17N3O5S. The summed E-state index contributed by atoms with van der Waals surface area (Å²) in [5.41, 5.74) is 0.317. The van der Waals surface area contributed by atoms with E-state index in [2.05, 4.69) is 5.32 Å². The Balaban J connectivity index is 1.56. The number of carbonyl (C=O) groups excluding carboxylic acids is 4. The minimum atomic E-state index is -1.10. The maximum absolute atomic E-state index is 12.5. The van der Waals surface area contributed by atoms with Crippen LogP contribution < -0.4 is 5.32 Å². The van der Waals surface area contributed by atoms with E-state index in [1.54, 1.807) is 11.4 Å². The van der Waals surface area contributed by atoms with Gasteiger partial charge in [0.15, 0.2) is 6.61 Å². The van der Waals surface area contributed by atoms with E-state index < -0.39 is 36.4 Å². The Bertz CT molecular complexity index is 843.